The third-order valence-electron chi connectivity index (χ3n) is 2.30. The van der Waals surface area contributed by atoms with Gasteiger partial charge in [-0.25, -0.2) is 4.79 Å². The van der Waals surface area contributed by atoms with Crippen LogP contribution in [0.4, 0.5) is 0 Å². The predicted octanol–water partition coefficient (Wildman–Crippen LogP) is 0.941. The van der Waals surface area contributed by atoms with E-state index in [4.69, 9.17) is 4.74 Å². The number of nitrogens with one attached hydrogen (secondary N) is 1. The van der Waals surface area contributed by atoms with E-state index >= 15 is 0 Å². The predicted molar refractivity (Wildman–Crippen MR) is 68.4 cm³/mol. The van der Waals surface area contributed by atoms with Gasteiger partial charge in [0.25, 0.3) is 0 Å². The highest BCUT2D eigenvalue weighted by Crippen LogP contribution is 2.09. The normalized spacial score (nSPS) is 12.1. The Kier molecular flexibility index (Phi) is 5.86. The number of ether oxygens (including phenoxy) is 1. The Hall–Kier alpha value is -1.20. The number of benzene rings is 1. The summed E-state index contributed by atoms with van der Waals surface area (Å²) in [5.41, 5.74) is 1.46. The number of rotatable bonds is 6. The molecule has 5 heteroatoms. The van der Waals surface area contributed by atoms with E-state index in [1.807, 2.05) is 12.1 Å². The van der Waals surface area contributed by atoms with Gasteiger partial charge in [0.1, 0.15) is 0 Å². The number of carbonyl (C=O) groups excluding carboxylic acids is 1. The molecule has 0 aliphatic carbocycles. The minimum Gasteiger partial charge on any atom is -0.465 e. The minimum absolute atomic E-state index is 0.332. The first-order valence-electron chi connectivity index (χ1n) is 5.32. The molecule has 17 heavy (non-hydrogen) atoms. The monoisotopic (exact) mass is 255 g/mol. The topological polar surface area (TPSA) is 55.4 Å². The van der Waals surface area contributed by atoms with Crippen molar-refractivity contribution in [2.24, 2.45) is 0 Å². The fraction of sp³-hybridized carbons (Fsp3) is 0.417. The zero-order valence-corrected chi connectivity index (χ0v) is 10.9. The van der Waals surface area contributed by atoms with E-state index in [9.17, 15) is 9.00 Å². The SMILES string of the molecule is COC(=O)c1ccccc1CNCCS(C)=O. The summed E-state index contributed by atoms with van der Waals surface area (Å²) in [4.78, 5) is 11.5. The Labute approximate surface area is 104 Å². The Bertz CT molecular complexity index is 406. The van der Waals surface area contributed by atoms with Crippen molar-refractivity contribution < 1.29 is 13.7 Å². The molecule has 1 unspecified atom stereocenters. The quantitative estimate of drug-likeness (QED) is 0.607. The molecule has 1 N–H and O–H groups in total. The molecule has 0 radical (unpaired) electrons. The lowest BCUT2D eigenvalue weighted by molar-refractivity contribution is 0.0599. The zero-order valence-electron chi connectivity index (χ0n) is 10.1. The van der Waals surface area contributed by atoms with E-state index in [0.29, 0.717) is 24.4 Å². The third-order valence-corrected chi connectivity index (χ3v) is 3.08. The summed E-state index contributed by atoms with van der Waals surface area (Å²) < 4.78 is 15.6. The molecule has 0 aromatic heterocycles. The van der Waals surface area contributed by atoms with Gasteiger partial charge in [-0.2, -0.15) is 0 Å². The molecule has 0 saturated carbocycles. The summed E-state index contributed by atoms with van der Waals surface area (Å²) in [6, 6.07) is 7.29. The Balaban J connectivity index is 2.58. The summed E-state index contributed by atoms with van der Waals surface area (Å²) in [7, 11) is 0.575. The number of hydrogen-bond donors (Lipinski definition) is 1. The lowest BCUT2D eigenvalue weighted by Crippen LogP contribution is -2.21. The number of carbonyl (C=O) groups is 1. The highest BCUT2D eigenvalue weighted by molar-refractivity contribution is 7.84. The van der Waals surface area contributed by atoms with Crippen molar-refractivity contribution in [2.45, 2.75) is 6.54 Å². The van der Waals surface area contributed by atoms with Crippen LogP contribution in [0.3, 0.4) is 0 Å². The Morgan fingerprint density at radius 3 is 2.76 bits per heavy atom. The van der Waals surface area contributed by atoms with E-state index in [1.54, 1.807) is 18.4 Å². The summed E-state index contributed by atoms with van der Waals surface area (Å²) in [5, 5.41) is 3.15. The third kappa shape index (κ3) is 4.66. The van der Waals surface area contributed by atoms with Crippen molar-refractivity contribution in [3.8, 4) is 0 Å². The van der Waals surface area contributed by atoms with Gasteiger partial charge in [-0.3, -0.25) is 4.21 Å². The van der Waals surface area contributed by atoms with Crippen molar-refractivity contribution in [1.82, 2.24) is 5.32 Å². The van der Waals surface area contributed by atoms with Crippen LogP contribution in [-0.2, 0) is 22.1 Å². The van der Waals surface area contributed by atoms with Crippen molar-refractivity contribution in [3.05, 3.63) is 35.4 Å². The van der Waals surface area contributed by atoms with E-state index in [-0.39, 0.29) is 5.97 Å². The van der Waals surface area contributed by atoms with Crippen molar-refractivity contribution in [1.29, 1.82) is 0 Å². The van der Waals surface area contributed by atoms with Gasteiger partial charge in [-0.15, -0.1) is 0 Å². The van der Waals surface area contributed by atoms with E-state index in [2.05, 4.69) is 5.32 Å². The van der Waals surface area contributed by atoms with Gasteiger partial charge in [0.05, 0.1) is 12.7 Å². The van der Waals surface area contributed by atoms with Gasteiger partial charge >= 0.3 is 5.97 Å². The molecule has 0 bridgehead atoms. The highest BCUT2D eigenvalue weighted by atomic mass is 32.2. The molecule has 0 heterocycles. The molecule has 94 valence electrons. The van der Waals surface area contributed by atoms with Crippen LogP contribution < -0.4 is 5.32 Å². The fourth-order valence-electron chi connectivity index (χ4n) is 1.42. The molecule has 1 aromatic rings. The summed E-state index contributed by atoms with van der Waals surface area (Å²) >= 11 is 0. The lowest BCUT2D eigenvalue weighted by Gasteiger charge is -2.08. The fourth-order valence-corrected chi connectivity index (χ4v) is 1.85. The molecule has 0 aliphatic heterocycles. The second kappa shape index (κ2) is 7.19. The maximum atomic E-state index is 11.5. The van der Waals surface area contributed by atoms with Gasteiger partial charge in [0.2, 0.25) is 0 Å². The van der Waals surface area contributed by atoms with Gasteiger partial charge in [-0.05, 0) is 11.6 Å². The van der Waals surface area contributed by atoms with Crippen LogP contribution in [0, 0.1) is 0 Å². The summed E-state index contributed by atoms with van der Waals surface area (Å²) in [6.45, 7) is 1.24. The number of esters is 1. The van der Waals surface area contributed by atoms with Crippen molar-refractivity contribution in [3.63, 3.8) is 0 Å². The average Bonchev–Trinajstić information content (AvgIpc) is 2.34. The molecule has 0 fully saturated rings. The second-order valence-corrected chi connectivity index (χ2v) is 5.16. The van der Waals surface area contributed by atoms with Crippen LogP contribution in [0.1, 0.15) is 15.9 Å². The number of methoxy groups -OCH3 is 1. The number of hydrogen-bond acceptors (Lipinski definition) is 4. The van der Waals surface area contributed by atoms with Gasteiger partial charge in [0, 0.05) is 35.9 Å². The van der Waals surface area contributed by atoms with Gasteiger partial charge in [0.15, 0.2) is 0 Å². The summed E-state index contributed by atoms with van der Waals surface area (Å²) in [6.07, 6.45) is 1.67. The first-order valence-corrected chi connectivity index (χ1v) is 7.05. The second-order valence-electron chi connectivity index (χ2n) is 3.60. The summed E-state index contributed by atoms with van der Waals surface area (Å²) in [5.74, 6) is 0.280. The van der Waals surface area contributed by atoms with Crippen LogP contribution in [0.2, 0.25) is 0 Å². The van der Waals surface area contributed by atoms with Crippen LogP contribution in [0.25, 0.3) is 0 Å². The standard InChI is InChI=1S/C12H17NO3S/c1-16-12(14)11-6-4-3-5-10(11)9-13-7-8-17(2)15/h3-6,13H,7-9H2,1-2H3. The molecule has 1 rings (SSSR count). The molecule has 0 spiro atoms. The van der Waals surface area contributed by atoms with E-state index < -0.39 is 10.8 Å². The van der Waals surface area contributed by atoms with Crippen molar-refractivity contribution >= 4 is 16.8 Å². The zero-order chi connectivity index (χ0) is 12.7. The lowest BCUT2D eigenvalue weighted by atomic mass is 10.1. The van der Waals surface area contributed by atoms with Gasteiger partial charge < -0.3 is 10.1 Å². The van der Waals surface area contributed by atoms with Crippen LogP contribution in [0.5, 0.6) is 0 Å². The molecule has 4 nitrogen and oxygen atoms in total. The van der Waals surface area contributed by atoms with Gasteiger partial charge in [-0.1, -0.05) is 18.2 Å². The van der Waals surface area contributed by atoms with Crippen LogP contribution in [0.15, 0.2) is 24.3 Å². The Morgan fingerprint density at radius 1 is 1.41 bits per heavy atom. The molecule has 0 saturated heterocycles. The Morgan fingerprint density at radius 2 is 2.12 bits per heavy atom. The largest absolute Gasteiger partial charge is 0.465 e. The first kappa shape index (κ1) is 13.9. The van der Waals surface area contributed by atoms with Crippen LogP contribution >= 0.6 is 0 Å². The molecule has 0 aliphatic rings. The molecule has 1 atom stereocenters. The average molecular weight is 255 g/mol. The first-order chi connectivity index (χ1) is 8.15. The highest BCUT2D eigenvalue weighted by Gasteiger charge is 2.09. The van der Waals surface area contributed by atoms with Crippen LogP contribution in [-0.4, -0.2) is 35.8 Å². The molecular formula is C12H17NO3S. The van der Waals surface area contributed by atoms with E-state index in [0.717, 1.165) is 5.56 Å². The van der Waals surface area contributed by atoms with E-state index in [1.165, 1.54) is 7.11 Å². The smallest absolute Gasteiger partial charge is 0.338 e. The molecular weight excluding hydrogens is 238 g/mol. The molecule has 0 amide bonds. The maximum Gasteiger partial charge on any atom is 0.338 e. The minimum atomic E-state index is -0.793. The maximum absolute atomic E-state index is 11.5. The van der Waals surface area contributed by atoms with Crippen molar-refractivity contribution in [2.75, 3.05) is 25.7 Å². The molecule has 1 aromatic carbocycles.